The van der Waals surface area contributed by atoms with E-state index in [9.17, 15) is 4.79 Å². The lowest BCUT2D eigenvalue weighted by Gasteiger charge is -2.17. The number of hydrogen-bond acceptors (Lipinski definition) is 5. The number of ether oxygens (including phenoxy) is 1. The van der Waals surface area contributed by atoms with Gasteiger partial charge in [-0.2, -0.15) is 4.98 Å². The third kappa shape index (κ3) is 3.64. The molecule has 20 heavy (non-hydrogen) atoms. The molecule has 0 saturated carbocycles. The molecule has 0 spiro atoms. The highest BCUT2D eigenvalue weighted by molar-refractivity contribution is 5.89. The van der Waals surface area contributed by atoms with E-state index in [0.717, 1.165) is 0 Å². The minimum Gasteiger partial charge on any atom is -0.478 e. The molecule has 6 heteroatoms. The standard InChI is InChI=1S/C14H16N2O4/c1-14(2,3)19-8-11-15-12(16-20-11)9-5-4-6-10(7-9)13(17)18/h4-7H,8H2,1-3H3,(H,17,18). The zero-order valence-corrected chi connectivity index (χ0v) is 11.6. The Balaban J connectivity index is 2.16. The molecule has 2 rings (SSSR count). The molecule has 106 valence electrons. The van der Waals surface area contributed by atoms with E-state index in [4.69, 9.17) is 14.4 Å². The van der Waals surface area contributed by atoms with Gasteiger partial charge in [-0.1, -0.05) is 17.3 Å². The summed E-state index contributed by atoms with van der Waals surface area (Å²) in [6.45, 7) is 6.01. The van der Waals surface area contributed by atoms with Gasteiger partial charge in [-0.3, -0.25) is 0 Å². The number of nitrogens with zero attached hydrogens (tertiary/aromatic N) is 2. The van der Waals surface area contributed by atoms with Crippen LogP contribution in [-0.2, 0) is 11.3 Å². The van der Waals surface area contributed by atoms with Gasteiger partial charge in [0.05, 0.1) is 11.2 Å². The second kappa shape index (κ2) is 5.42. The molecule has 6 nitrogen and oxygen atoms in total. The summed E-state index contributed by atoms with van der Waals surface area (Å²) in [5.74, 6) is -0.289. The maximum absolute atomic E-state index is 10.9. The molecule has 0 bridgehead atoms. The highest BCUT2D eigenvalue weighted by atomic mass is 16.5. The van der Waals surface area contributed by atoms with Crippen molar-refractivity contribution in [3.63, 3.8) is 0 Å². The highest BCUT2D eigenvalue weighted by Crippen LogP contribution is 2.18. The fourth-order valence-electron chi connectivity index (χ4n) is 1.50. The van der Waals surface area contributed by atoms with E-state index < -0.39 is 5.97 Å². The normalized spacial score (nSPS) is 11.6. The average molecular weight is 276 g/mol. The van der Waals surface area contributed by atoms with Crippen molar-refractivity contribution >= 4 is 5.97 Å². The zero-order valence-electron chi connectivity index (χ0n) is 11.6. The van der Waals surface area contributed by atoms with Crippen LogP contribution in [0.4, 0.5) is 0 Å². The minimum atomic E-state index is -0.994. The maximum atomic E-state index is 10.9. The summed E-state index contributed by atoms with van der Waals surface area (Å²) in [5.41, 5.74) is 0.480. The number of rotatable bonds is 4. The monoisotopic (exact) mass is 276 g/mol. The molecule has 0 aliphatic heterocycles. The van der Waals surface area contributed by atoms with Crippen molar-refractivity contribution in [1.29, 1.82) is 0 Å². The van der Waals surface area contributed by atoms with Crippen LogP contribution in [0.1, 0.15) is 37.0 Å². The van der Waals surface area contributed by atoms with Gasteiger partial charge in [-0.25, -0.2) is 4.79 Å². The van der Waals surface area contributed by atoms with Crippen molar-refractivity contribution in [3.8, 4) is 11.4 Å². The third-order valence-electron chi connectivity index (χ3n) is 2.46. The first-order valence-electron chi connectivity index (χ1n) is 6.15. The van der Waals surface area contributed by atoms with Gasteiger partial charge in [-0.05, 0) is 32.9 Å². The average Bonchev–Trinajstić information content (AvgIpc) is 2.84. The van der Waals surface area contributed by atoms with E-state index in [2.05, 4.69) is 10.1 Å². The lowest BCUT2D eigenvalue weighted by molar-refractivity contribution is -0.0260. The molecule has 0 aliphatic rings. The van der Waals surface area contributed by atoms with Crippen molar-refractivity contribution in [3.05, 3.63) is 35.7 Å². The highest BCUT2D eigenvalue weighted by Gasteiger charge is 2.15. The van der Waals surface area contributed by atoms with Crippen LogP contribution >= 0.6 is 0 Å². The molecule has 1 heterocycles. The minimum absolute atomic E-state index is 0.180. The molecule has 1 N–H and O–H groups in total. The SMILES string of the molecule is CC(C)(C)OCc1nc(-c2cccc(C(=O)O)c2)no1. The molecule has 0 radical (unpaired) electrons. The number of carbonyl (C=O) groups is 1. The van der Waals surface area contributed by atoms with Gasteiger partial charge in [-0.15, -0.1) is 0 Å². The van der Waals surface area contributed by atoms with Crippen LogP contribution in [0.15, 0.2) is 28.8 Å². The van der Waals surface area contributed by atoms with E-state index in [1.807, 2.05) is 20.8 Å². The van der Waals surface area contributed by atoms with Crippen LogP contribution < -0.4 is 0 Å². The Bertz CT molecular complexity index is 614. The first-order chi connectivity index (χ1) is 9.35. The number of carboxylic acids is 1. The lowest BCUT2D eigenvalue weighted by atomic mass is 10.1. The number of carboxylic acid groups (broad SMARTS) is 1. The van der Waals surface area contributed by atoms with Crippen molar-refractivity contribution < 1.29 is 19.2 Å². The fraction of sp³-hybridized carbons (Fsp3) is 0.357. The summed E-state index contributed by atoms with van der Waals surface area (Å²) >= 11 is 0. The topological polar surface area (TPSA) is 85.5 Å². The van der Waals surface area contributed by atoms with Gasteiger partial charge in [0, 0.05) is 5.56 Å². The van der Waals surface area contributed by atoms with Gasteiger partial charge in [0.25, 0.3) is 5.89 Å². The van der Waals surface area contributed by atoms with Crippen molar-refractivity contribution in [2.24, 2.45) is 0 Å². The number of hydrogen-bond donors (Lipinski definition) is 1. The third-order valence-corrected chi connectivity index (χ3v) is 2.46. The smallest absolute Gasteiger partial charge is 0.335 e. The molecule has 0 aliphatic carbocycles. The molecule has 0 amide bonds. The summed E-state index contributed by atoms with van der Waals surface area (Å²) in [4.78, 5) is 15.1. The summed E-state index contributed by atoms with van der Waals surface area (Å²) in [7, 11) is 0. The first-order valence-corrected chi connectivity index (χ1v) is 6.15. The summed E-state index contributed by atoms with van der Waals surface area (Å²) in [5, 5.41) is 12.8. The van der Waals surface area contributed by atoms with Gasteiger partial charge < -0.3 is 14.4 Å². The van der Waals surface area contributed by atoms with Crippen molar-refractivity contribution in [2.45, 2.75) is 33.0 Å². The first kappa shape index (κ1) is 14.2. The van der Waals surface area contributed by atoms with E-state index >= 15 is 0 Å². The molecular weight excluding hydrogens is 260 g/mol. The summed E-state index contributed by atoms with van der Waals surface area (Å²) in [6.07, 6.45) is 0. The molecule has 0 fully saturated rings. The Morgan fingerprint density at radius 1 is 1.40 bits per heavy atom. The van der Waals surface area contributed by atoms with Crippen molar-refractivity contribution in [2.75, 3.05) is 0 Å². The molecule has 1 aromatic heterocycles. The van der Waals surface area contributed by atoms with Gasteiger partial charge in [0.1, 0.15) is 6.61 Å². The number of benzene rings is 1. The van der Waals surface area contributed by atoms with E-state index in [1.165, 1.54) is 12.1 Å². The zero-order chi connectivity index (χ0) is 14.8. The van der Waals surface area contributed by atoms with Crippen LogP contribution in [0.2, 0.25) is 0 Å². The summed E-state index contributed by atoms with van der Waals surface area (Å²) in [6, 6.07) is 6.38. The lowest BCUT2D eigenvalue weighted by Crippen LogP contribution is -2.18. The second-order valence-electron chi connectivity index (χ2n) is 5.30. The van der Waals surface area contributed by atoms with Crippen LogP contribution in [0.5, 0.6) is 0 Å². The second-order valence-corrected chi connectivity index (χ2v) is 5.30. The molecular formula is C14H16N2O4. The molecule has 2 aromatic rings. The molecule has 0 saturated heterocycles. The van der Waals surface area contributed by atoms with Crippen LogP contribution in [-0.4, -0.2) is 26.8 Å². The van der Waals surface area contributed by atoms with Crippen LogP contribution in [0, 0.1) is 0 Å². The van der Waals surface area contributed by atoms with E-state index in [0.29, 0.717) is 17.3 Å². The number of aromatic nitrogens is 2. The molecule has 1 aromatic carbocycles. The number of aromatic carboxylic acids is 1. The Morgan fingerprint density at radius 2 is 2.15 bits per heavy atom. The Hall–Kier alpha value is -2.21. The Labute approximate surface area is 116 Å². The van der Waals surface area contributed by atoms with Crippen LogP contribution in [0.25, 0.3) is 11.4 Å². The van der Waals surface area contributed by atoms with Gasteiger partial charge in [0.15, 0.2) is 0 Å². The van der Waals surface area contributed by atoms with Gasteiger partial charge >= 0.3 is 5.97 Å². The van der Waals surface area contributed by atoms with Crippen LogP contribution in [0.3, 0.4) is 0 Å². The fourth-order valence-corrected chi connectivity index (χ4v) is 1.50. The molecule has 0 unspecified atom stereocenters. The Kier molecular flexibility index (Phi) is 3.85. The summed E-state index contributed by atoms with van der Waals surface area (Å²) < 4.78 is 10.6. The quantitative estimate of drug-likeness (QED) is 0.924. The van der Waals surface area contributed by atoms with E-state index in [1.54, 1.807) is 12.1 Å². The maximum Gasteiger partial charge on any atom is 0.335 e. The van der Waals surface area contributed by atoms with Gasteiger partial charge in [0.2, 0.25) is 5.82 Å². The van der Waals surface area contributed by atoms with Crippen molar-refractivity contribution in [1.82, 2.24) is 10.1 Å². The Morgan fingerprint density at radius 3 is 2.80 bits per heavy atom. The molecule has 0 atom stereocenters. The largest absolute Gasteiger partial charge is 0.478 e. The predicted molar refractivity (Wildman–Crippen MR) is 71.2 cm³/mol. The van der Waals surface area contributed by atoms with E-state index in [-0.39, 0.29) is 17.8 Å². The predicted octanol–water partition coefficient (Wildman–Crippen LogP) is 2.75.